The summed E-state index contributed by atoms with van der Waals surface area (Å²) in [6.45, 7) is 5.30. The van der Waals surface area contributed by atoms with Crippen LogP contribution in [-0.4, -0.2) is 50.2 Å². The smallest absolute Gasteiger partial charge is 0.239 e. The Hall–Kier alpha value is -2.80. The molecule has 4 rings (SSSR count). The van der Waals surface area contributed by atoms with Gasteiger partial charge in [-0.05, 0) is 45.0 Å². The molecule has 0 aliphatic carbocycles. The maximum absolute atomic E-state index is 12.2. The topological polar surface area (TPSA) is 75.9 Å². The minimum absolute atomic E-state index is 0.0212. The summed E-state index contributed by atoms with van der Waals surface area (Å²) in [5.74, 6) is 0.539. The second-order valence-corrected chi connectivity index (χ2v) is 6.60. The molecule has 4 heterocycles. The highest BCUT2D eigenvalue weighted by molar-refractivity contribution is 5.93. The number of hydrogen-bond acceptors (Lipinski definition) is 5. The Bertz CT molecular complexity index is 929. The number of amides is 1. The van der Waals surface area contributed by atoms with E-state index < -0.39 is 0 Å². The fourth-order valence-electron chi connectivity index (χ4n) is 3.27. The maximum Gasteiger partial charge on any atom is 0.239 e. The number of fused-ring (bicyclic) bond motifs is 1. The van der Waals surface area contributed by atoms with Crippen LogP contribution in [0.25, 0.3) is 22.0 Å². The first-order chi connectivity index (χ1) is 12.7. The molecule has 7 heteroatoms. The van der Waals surface area contributed by atoms with Gasteiger partial charge < -0.3 is 5.32 Å². The van der Waals surface area contributed by atoms with E-state index in [-0.39, 0.29) is 5.91 Å². The third-order valence-electron chi connectivity index (χ3n) is 4.69. The molecule has 0 saturated carbocycles. The number of carbonyl (C=O) groups excluding carboxylic acids is 1. The molecule has 1 N–H and O–H groups in total. The first-order valence-electron chi connectivity index (χ1n) is 9.02. The Morgan fingerprint density at radius 1 is 1.12 bits per heavy atom. The Kier molecular flexibility index (Phi) is 4.62. The van der Waals surface area contributed by atoms with Crippen molar-refractivity contribution in [1.29, 1.82) is 0 Å². The summed E-state index contributed by atoms with van der Waals surface area (Å²) in [6.07, 6.45) is 9.71. The van der Waals surface area contributed by atoms with Gasteiger partial charge in [0, 0.05) is 35.5 Å². The zero-order chi connectivity index (χ0) is 17.9. The number of pyridine rings is 2. The molecule has 0 aromatic carbocycles. The minimum atomic E-state index is -0.0212. The molecule has 26 heavy (non-hydrogen) atoms. The number of aryl methyl sites for hydroxylation is 1. The van der Waals surface area contributed by atoms with Crippen molar-refractivity contribution in [3.05, 3.63) is 36.9 Å². The lowest BCUT2D eigenvalue weighted by atomic mass is 10.1. The van der Waals surface area contributed by atoms with Crippen molar-refractivity contribution >= 4 is 22.6 Å². The molecule has 1 fully saturated rings. The number of nitrogens with zero attached hydrogens (tertiary/aromatic N) is 5. The van der Waals surface area contributed by atoms with Gasteiger partial charge in [-0.2, -0.15) is 5.10 Å². The number of nitrogens with one attached hydrogen (secondary N) is 1. The molecule has 1 aliphatic rings. The van der Waals surface area contributed by atoms with Crippen LogP contribution in [-0.2, 0) is 11.3 Å². The van der Waals surface area contributed by atoms with Gasteiger partial charge in [-0.1, -0.05) is 0 Å². The number of rotatable bonds is 5. The van der Waals surface area contributed by atoms with Crippen LogP contribution in [0.15, 0.2) is 36.9 Å². The quantitative estimate of drug-likeness (QED) is 0.765. The van der Waals surface area contributed by atoms with Gasteiger partial charge in [0.05, 0.1) is 24.5 Å². The van der Waals surface area contributed by atoms with Gasteiger partial charge in [-0.3, -0.25) is 19.4 Å². The Morgan fingerprint density at radius 2 is 1.96 bits per heavy atom. The lowest BCUT2D eigenvalue weighted by Gasteiger charge is -2.13. The molecule has 134 valence electrons. The number of hydrogen-bond donors (Lipinski definition) is 1. The van der Waals surface area contributed by atoms with E-state index >= 15 is 0 Å². The molecule has 3 aromatic heterocycles. The molecule has 0 bridgehead atoms. The second-order valence-electron chi connectivity index (χ2n) is 6.60. The lowest BCUT2D eigenvalue weighted by molar-refractivity contribution is -0.117. The van der Waals surface area contributed by atoms with E-state index in [1.807, 2.05) is 29.3 Å². The first-order valence-corrected chi connectivity index (χ1v) is 9.02. The molecule has 0 radical (unpaired) electrons. The molecular weight excluding hydrogens is 328 g/mol. The number of aromatic nitrogens is 4. The third kappa shape index (κ3) is 3.57. The van der Waals surface area contributed by atoms with Gasteiger partial charge in [0.25, 0.3) is 0 Å². The lowest BCUT2D eigenvalue weighted by Crippen LogP contribution is -2.31. The molecule has 0 unspecified atom stereocenters. The molecule has 0 atom stereocenters. The van der Waals surface area contributed by atoms with Gasteiger partial charge in [0.2, 0.25) is 5.91 Å². The molecule has 3 aromatic rings. The number of likely N-dealkylation sites (tertiary alicyclic amines) is 1. The zero-order valence-electron chi connectivity index (χ0n) is 14.9. The van der Waals surface area contributed by atoms with Crippen molar-refractivity contribution in [3.63, 3.8) is 0 Å². The Balaban J connectivity index is 1.54. The Morgan fingerprint density at radius 3 is 2.73 bits per heavy atom. The molecule has 1 saturated heterocycles. The predicted octanol–water partition coefficient (Wildman–Crippen LogP) is 2.55. The monoisotopic (exact) mass is 350 g/mol. The van der Waals surface area contributed by atoms with Crippen molar-refractivity contribution in [2.24, 2.45) is 0 Å². The molecule has 7 nitrogen and oxygen atoms in total. The standard InChI is InChI=1S/C19H22N6O/c1-2-25-12-16(10-22-25)15-7-14-8-18(21-11-17(14)20-9-15)23-19(26)13-24-5-3-4-6-24/h7-12H,2-6,13H2,1H3,(H,21,23,26). The van der Waals surface area contributed by atoms with E-state index in [9.17, 15) is 4.79 Å². The highest BCUT2D eigenvalue weighted by Crippen LogP contribution is 2.23. The largest absolute Gasteiger partial charge is 0.310 e. The fourth-order valence-corrected chi connectivity index (χ4v) is 3.27. The van der Waals surface area contributed by atoms with Crippen LogP contribution in [0.1, 0.15) is 19.8 Å². The van der Waals surface area contributed by atoms with Gasteiger partial charge in [-0.25, -0.2) is 4.98 Å². The average Bonchev–Trinajstić information content (AvgIpc) is 3.32. The van der Waals surface area contributed by atoms with Crippen molar-refractivity contribution in [2.75, 3.05) is 25.0 Å². The SMILES string of the molecule is CCn1cc(-c2cnc3cnc(NC(=O)CN4CCCC4)cc3c2)cn1. The predicted molar refractivity (Wildman–Crippen MR) is 101 cm³/mol. The minimum Gasteiger partial charge on any atom is -0.310 e. The van der Waals surface area contributed by atoms with Gasteiger partial charge >= 0.3 is 0 Å². The van der Waals surface area contributed by atoms with E-state index in [4.69, 9.17) is 0 Å². The van der Waals surface area contributed by atoms with Crippen molar-refractivity contribution < 1.29 is 4.79 Å². The van der Waals surface area contributed by atoms with E-state index in [0.717, 1.165) is 41.7 Å². The van der Waals surface area contributed by atoms with E-state index in [1.165, 1.54) is 12.8 Å². The molecule has 1 amide bonds. The van der Waals surface area contributed by atoms with E-state index in [1.54, 1.807) is 6.20 Å². The summed E-state index contributed by atoms with van der Waals surface area (Å²) in [7, 11) is 0. The maximum atomic E-state index is 12.2. The highest BCUT2D eigenvalue weighted by Gasteiger charge is 2.15. The first kappa shape index (κ1) is 16.7. The third-order valence-corrected chi connectivity index (χ3v) is 4.69. The highest BCUT2D eigenvalue weighted by atomic mass is 16.2. The van der Waals surface area contributed by atoms with Crippen LogP contribution in [0.5, 0.6) is 0 Å². The fraction of sp³-hybridized carbons (Fsp3) is 0.368. The van der Waals surface area contributed by atoms with Crippen LogP contribution < -0.4 is 5.32 Å². The summed E-state index contributed by atoms with van der Waals surface area (Å²) < 4.78 is 1.89. The van der Waals surface area contributed by atoms with E-state index in [0.29, 0.717) is 12.4 Å². The van der Waals surface area contributed by atoms with Gasteiger partial charge in [0.15, 0.2) is 0 Å². The number of anilines is 1. The van der Waals surface area contributed by atoms with Crippen LogP contribution in [0.4, 0.5) is 5.82 Å². The molecular formula is C19H22N6O. The zero-order valence-corrected chi connectivity index (χ0v) is 14.9. The van der Waals surface area contributed by atoms with Crippen LogP contribution in [0.3, 0.4) is 0 Å². The summed E-state index contributed by atoms with van der Waals surface area (Å²) in [5.41, 5.74) is 2.82. The summed E-state index contributed by atoms with van der Waals surface area (Å²) in [6, 6.07) is 3.93. The second kappa shape index (κ2) is 7.21. The van der Waals surface area contributed by atoms with Gasteiger partial charge in [0.1, 0.15) is 5.82 Å². The van der Waals surface area contributed by atoms with Crippen molar-refractivity contribution in [3.8, 4) is 11.1 Å². The summed E-state index contributed by atoms with van der Waals surface area (Å²) in [5, 5.41) is 8.15. The van der Waals surface area contributed by atoms with Crippen molar-refractivity contribution in [2.45, 2.75) is 26.3 Å². The van der Waals surface area contributed by atoms with Gasteiger partial charge in [-0.15, -0.1) is 0 Å². The van der Waals surface area contributed by atoms with Crippen molar-refractivity contribution in [1.82, 2.24) is 24.6 Å². The van der Waals surface area contributed by atoms with E-state index in [2.05, 4.69) is 38.3 Å². The summed E-state index contributed by atoms with van der Waals surface area (Å²) >= 11 is 0. The Labute approximate surface area is 152 Å². The van der Waals surface area contributed by atoms with Crippen LogP contribution in [0, 0.1) is 0 Å². The number of carbonyl (C=O) groups is 1. The molecule has 1 aliphatic heterocycles. The normalized spacial score (nSPS) is 14.8. The van der Waals surface area contributed by atoms with Crippen LogP contribution >= 0.6 is 0 Å². The van der Waals surface area contributed by atoms with Crippen LogP contribution in [0.2, 0.25) is 0 Å². The average molecular weight is 350 g/mol. The summed E-state index contributed by atoms with van der Waals surface area (Å²) in [4.78, 5) is 23.2. The molecule has 0 spiro atoms.